The second-order valence-corrected chi connectivity index (χ2v) is 3.34. The van der Waals surface area contributed by atoms with E-state index in [1.165, 1.54) is 16.8 Å². The Bertz CT molecular complexity index is 236. The van der Waals surface area contributed by atoms with Crippen molar-refractivity contribution < 1.29 is 4.79 Å². The lowest BCUT2D eigenvalue weighted by molar-refractivity contribution is -0.115. The Morgan fingerprint density at radius 1 is 1.91 bits per heavy atom. The monoisotopic (exact) mass is 191 g/mol. The van der Waals surface area contributed by atoms with Gasteiger partial charge in [-0.2, -0.15) is 0 Å². The first kappa shape index (κ1) is 8.42. The maximum atomic E-state index is 10.9. The maximum Gasteiger partial charge on any atom is 0.243 e. The topological polar surface area (TPSA) is 54.9 Å². The Hall–Kier alpha value is -0.680. The molecule has 60 valence electrons. The van der Waals surface area contributed by atoms with Crippen molar-refractivity contribution >= 4 is 34.0 Å². The highest BCUT2D eigenvalue weighted by Gasteiger charge is 2.09. The summed E-state index contributed by atoms with van der Waals surface area (Å²) in [4.78, 5) is 10.9. The van der Waals surface area contributed by atoms with Crippen LogP contribution < -0.4 is 5.32 Å². The lowest BCUT2D eigenvalue weighted by Gasteiger charge is -2.00. The molecule has 1 rings (SSSR count). The molecule has 11 heavy (non-hydrogen) atoms. The van der Waals surface area contributed by atoms with Crippen LogP contribution in [0.5, 0.6) is 0 Å². The summed E-state index contributed by atoms with van der Waals surface area (Å²) in [7, 11) is 0. The predicted molar refractivity (Wildman–Crippen MR) is 43.9 cm³/mol. The number of nitrogens with zero attached hydrogens (tertiary/aromatic N) is 2. The number of anilines is 1. The molecule has 0 aliphatic rings. The predicted octanol–water partition coefficient (Wildman–Crippen LogP) is 1.10. The Kier molecular flexibility index (Phi) is 2.78. The quantitative estimate of drug-likeness (QED) is 0.713. The van der Waals surface area contributed by atoms with Gasteiger partial charge in [-0.25, -0.2) is 0 Å². The average molecular weight is 192 g/mol. The van der Waals surface area contributed by atoms with Gasteiger partial charge in [-0.05, 0) is 6.92 Å². The Morgan fingerprint density at radius 2 is 2.64 bits per heavy atom. The van der Waals surface area contributed by atoms with E-state index >= 15 is 0 Å². The van der Waals surface area contributed by atoms with E-state index in [-0.39, 0.29) is 5.91 Å². The third-order valence-electron chi connectivity index (χ3n) is 0.951. The molecule has 6 heteroatoms. The van der Waals surface area contributed by atoms with E-state index in [2.05, 4.69) is 15.5 Å². The maximum absolute atomic E-state index is 10.9. The van der Waals surface area contributed by atoms with E-state index in [4.69, 9.17) is 11.6 Å². The van der Waals surface area contributed by atoms with Crippen LogP contribution in [-0.2, 0) is 4.79 Å². The lowest BCUT2D eigenvalue weighted by atomic mass is 10.4. The first-order valence-electron chi connectivity index (χ1n) is 2.91. The van der Waals surface area contributed by atoms with Crippen molar-refractivity contribution in [3.05, 3.63) is 5.51 Å². The van der Waals surface area contributed by atoms with Gasteiger partial charge in [0.15, 0.2) is 0 Å². The van der Waals surface area contributed by atoms with E-state index in [1.54, 1.807) is 6.92 Å². The molecule has 1 heterocycles. The van der Waals surface area contributed by atoms with Gasteiger partial charge in [0.1, 0.15) is 10.9 Å². The van der Waals surface area contributed by atoms with Crippen molar-refractivity contribution in [1.29, 1.82) is 0 Å². The van der Waals surface area contributed by atoms with Crippen molar-refractivity contribution in [1.82, 2.24) is 10.2 Å². The minimum Gasteiger partial charge on any atom is -0.299 e. The molecule has 1 aromatic heterocycles. The molecule has 0 aliphatic heterocycles. The summed E-state index contributed by atoms with van der Waals surface area (Å²) in [5.74, 6) is -0.261. The van der Waals surface area contributed by atoms with Crippen LogP contribution in [0.3, 0.4) is 0 Å². The number of hydrogen-bond acceptors (Lipinski definition) is 4. The number of halogens is 1. The van der Waals surface area contributed by atoms with Gasteiger partial charge in [0.25, 0.3) is 0 Å². The number of nitrogens with one attached hydrogen (secondary N) is 1. The van der Waals surface area contributed by atoms with E-state index in [0.29, 0.717) is 5.13 Å². The largest absolute Gasteiger partial charge is 0.299 e. The van der Waals surface area contributed by atoms with Crippen molar-refractivity contribution in [3.63, 3.8) is 0 Å². The summed E-state index contributed by atoms with van der Waals surface area (Å²) < 4.78 is 0. The Morgan fingerprint density at radius 3 is 3.09 bits per heavy atom. The van der Waals surface area contributed by atoms with Gasteiger partial charge in [0.2, 0.25) is 11.0 Å². The number of aromatic nitrogens is 2. The number of carbonyl (C=O) groups excluding carboxylic acids is 1. The van der Waals surface area contributed by atoms with Crippen LogP contribution in [0, 0.1) is 0 Å². The number of amides is 1. The van der Waals surface area contributed by atoms with Crippen LogP contribution in [0.2, 0.25) is 0 Å². The standard InChI is InChI=1S/C5H6ClN3OS/c1-3(6)4(10)8-5-9-7-2-11-5/h2-3H,1H3,(H,8,9,10). The van der Waals surface area contributed by atoms with Gasteiger partial charge in [0.05, 0.1) is 0 Å². The molecule has 1 atom stereocenters. The normalized spacial score (nSPS) is 12.5. The fraction of sp³-hybridized carbons (Fsp3) is 0.400. The molecule has 0 saturated carbocycles. The molecule has 1 unspecified atom stereocenters. The molecule has 0 spiro atoms. The molecule has 0 aliphatic carbocycles. The lowest BCUT2D eigenvalue weighted by Crippen LogP contribution is -2.20. The van der Waals surface area contributed by atoms with Crippen LogP contribution in [0.15, 0.2) is 5.51 Å². The van der Waals surface area contributed by atoms with Gasteiger partial charge in [-0.15, -0.1) is 21.8 Å². The molecule has 0 radical (unpaired) electrons. The fourth-order valence-corrected chi connectivity index (χ4v) is 0.935. The van der Waals surface area contributed by atoms with Crippen LogP contribution in [0.4, 0.5) is 5.13 Å². The second-order valence-electron chi connectivity index (χ2n) is 1.85. The molecular formula is C5H6ClN3OS. The van der Waals surface area contributed by atoms with Crippen LogP contribution in [0.25, 0.3) is 0 Å². The highest BCUT2D eigenvalue weighted by Crippen LogP contribution is 2.09. The molecular weight excluding hydrogens is 186 g/mol. The molecule has 1 N–H and O–H groups in total. The van der Waals surface area contributed by atoms with Crippen molar-refractivity contribution in [2.24, 2.45) is 0 Å². The zero-order valence-electron chi connectivity index (χ0n) is 5.74. The first-order chi connectivity index (χ1) is 5.20. The molecule has 0 saturated heterocycles. The minimum atomic E-state index is -0.543. The van der Waals surface area contributed by atoms with E-state index in [1.807, 2.05) is 0 Å². The summed E-state index contributed by atoms with van der Waals surface area (Å²) in [6.07, 6.45) is 0. The molecule has 0 fully saturated rings. The van der Waals surface area contributed by atoms with Crippen molar-refractivity contribution in [2.75, 3.05) is 5.32 Å². The van der Waals surface area contributed by atoms with E-state index < -0.39 is 5.38 Å². The summed E-state index contributed by atoms with van der Waals surface area (Å²) in [5.41, 5.74) is 1.54. The summed E-state index contributed by atoms with van der Waals surface area (Å²) in [5, 5.41) is 9.59. The molecule has 1 amide bonds. The third-order valence-corrected chi connectivity index (χ3v) is 1.76. The van der Waals surface area contributed by atoms with Crippen molar-refractivity contribution in [3.8, 4) is 0 Å². The van der Waals surface area contributed by atoms with Crippen molar-refractivity contribution in [2.45, 2.75) is 12.3 Å². The second kappa shape index (κ2) is 3.64. The summed E-state index contributed by atoms with van der Waals surface area (Å²) in [6, 6.07) is 0. The Balaban J connectivity index is 2.50. The number of alkyl halides is 1. The fourth-order valence-electron chi connectivity index (χ4n) is 0.432. The van der Waals surface area contributed by atoms with Crippen LogP contribution in [-0.4, -0.2) is 21.5 Å². The van der Waals surface area contributed by atoms with Crippen LogP contribution in [0.1, 0.15) is 6.92 Å². The molecule has 0 bridgehead atoms. The van der Waals surface area contributed by atoms with Gasteiger partial charge >= 0.3 is 0 Å². The number of rotatable bonds is 2. The van der Waals surface area contributed by atoms with E-state index in [0.717, 1.165) is 0 Å². The number of carbonyl (C=O) groups is 1. The third kappa shape index (κ3) is 2.44. The van der Waals surface area contributed by atoms with Gasteiger partial charge in [-0.3, -0.25) is 10.1 Å². The average Bonchev–Trinajstić information content (AvgIpc) is 2.39. The first-order valence-corrected chi connectivity index (χ1v) is 4.23. The SMILES string of the molecule is CC(Cl)C(=O)Nc1nncs1. The van der Waals surface area contributed by atoms with Gasteiger partial charge < -0.3 is 0 Å². The van der Waals surface area contributed by atoms with Gasteiger partial charge in [0, 0.05) is 0 Å². The zero-order valence-corrected chi connectivity index (χ0v) is 7.32. The summed E-state index contributed by atoms with van der Waals surface area (Å²) in [6.45, 7) is 1.60. The van der Waals surface area contributed by atoms with Crippen LogP contribution >= 0.6 is 22.9 Å². The Labute approximate surface area is 72.6 Å². The smallest absolute Gasteiger partial charge is 0.243 e. The molecule has 1 aromatic rings. The summed E-state index contributed by atoms with van der Waals surface area (Å²) >= 11 is 6.75. The van der Waals surface area contributed by atoms with E-state index in [9.17, 15) is 4.79 Å². The molecule has 4 nitrogen and oxygen atoms in total. The number of hydrogen-bond donors (Lipinski definition) is 1. The highest BCUT2D eigenvalue weighted by molar-refractivity contribution is 7.13. The zero-order chi connectivity index (χ0) is 8.27. The minimum absolute atomic E-state index is 0.261. The highest BCUT2D eigenvalue weighted by atomic mass is 35.5. The molecule has 0 aromatic carbocycles. The van der Waals surface area contributed by atoms with Gasteiger partial charge in [-0.1, -0.05) is 11.3 Å².